The highest BCUT2D eigenvalue weighted by molar-refractivity contribution is 6.13. The van der Waals surface area contributed by atoms with Gasteiger partial charge in [0, 0.05) is 37.1 Å². The Balaban J connectivity index is 0.00000235. The van der Waals surface area contributed by atoms with Crippen molar-refractivity contribution in [1.29, 1.82) is 0 Å². The summed E-state index contributed by atoms with van der Waals surface area (Å²) in [5, 5.41) is 12.0. The molecule has 3 N–H and O–H groups in total. The van der Waals surface area contributed by atoms with Gasteiger partial charge in [0.1, 0.15) is 11.6 Å². The van der Waals surface area contributed by atoms with Gasteiger partial charge in [-0.15, -0.1) is 0 Å². The Morgan fingerprint density at radius 2 is 1.76 bits per heavy atom. The lowest BCUT2D eigenvalue weighted by molar-refractivity contribution is -0.137. The first-order chi connectivity index (χ1) is 21.8. The zero-order valence-electron chi connectivity index (χ0n) is 25.5. The number of hydrogen-bond donors (Lipinski definition) is 3. The molecular formula is C32H31F5N6O3. The maximum atomic E-state index is 14.4. The molecule has 2 heterocycles. The highest BCUT2D eigenvalue weighted by atomic mass is 19.4. The number of aromatic nitrogens is 2. The van der Waals surface area contributed by atoms with Crippen LogP contribution in [0.1, 0.15) is 68.6 Å². The van der Waals surface area contributed by atoms with Gasteiger partial charge in [-0.1, -0.05) is 19.9 Å². The minimum atomic E-state index is -4.92. The Bertz CT molecular complexity index is 1780. The van der Waals surface area contributed by atoms with E-state index in [1.54, 1.807) is 24.9 Å². The topological polar surface area (TPSA) is 110 Å². The summed E-state index contributed by atoms with van der Waals surface area (Å²) < 4.78 is 68.8. The second-order valence-electron chi connectivity index (χ2n) is 10.3. The Kier molecular flexibility index (Phi) is 9.78. The van der Waals surface area contributed by atoms with Gasteiger partial charge in [-0.2, -0.15) is 18.3 Å². The molecule has 1 aliphatic rings. The first-order valence-electron chi connectivity index (χ1n) is 14.1. The van der Waals surface area contributed by atoms with Gasteiger partial charge in [-0.3, -0.25) is 19.5 Å². The van der Waals surface area contributed by atoms with Crippen LogP contribution in [-0.2, 0) is 17.5 Å². The van der Waals surface area contributed by atoms with Crippen LogP contribution >= 0.6 is 0 Å². The van der Waals surface area contributed by atoms with E-state index in [1.807, 2.05) is 13.8 Å². The Labute approximate surface area is 261 Å². The minimum absolute atomic E-state index is 0.0206. The molecule has 1 aromatic heterocycles. The standard InChI is InChI=1S/C30H25F5N6O3.C2H6/c1-15-4-5-18(31)11-21(15)26-24-22(37-28(43)16-8-17(30(33,34)35)10-19(32)9-16)12-23(40(2)13-20-6-7-36-39-20)27(41(3)14-42)25(24)29(44)38-26;1-2/h4-12,14,26H,13H2,1-3H3,(H,36,39)(H,37,43)(H,38,44);1-2H3. The van der Waals surface area contributed by atoms with Crippen molar-refractivity contribution in [3.05, 3.63) is 105 Å². The smallest absolute Gasteiger partial charge is 0.367 e. The molecule has 0 fully saturated rings. The van der Waals surface area contributed by atoms with Crippen molar-refractivity contribution in [3.8, 4) is 0 Å². The fourth-order valence-corrected chi connectivity index (χ4v) is 5.23. The maximum absolute atomic E-state index is 14.4. The van der Waals surface area contributed by atoms with Crippen molar-refractivity contribution in [3.63, 3.8) is 0 Å². The van der Waals surface area contributed by atoms with Crippen molar-refractivity contribution in [2.24, 2.45) is 0 Å². The third-order valence-electron chi connectivity index (χ3n) is 7.29. The maximum Gasteiger partial charge on any atom is 0.416 e. The number of aromatic amines is 1. The number of H-pyrrole nitrogens is 1. The summed E-state index contributed by atoms with van der Waals surface area (Å²) in [5.41, 5.74) is 0.159. The van der Waals surface area contributed by atoms with E-state index in [9.17, 15) is 36.3 Å². The first-order valence-corrected chi connectivity index (χ1v) is 14.1. The number of benzene rings is 3. The molecule has 3 aromatic carbocycles. The number of halogens is 5. The van der Waals surface area contributed by atoms with Gasteiger partial charge in [-0.25, -0.2) is 8.78 Å². The van der Waals surface area contributed by atoms with Crippen molar-refractivity contribution in [2.45, 2.75) is 39.5 Å². The summed E-state index contributed by atoms with van der Waals surface area (Å²) >= 11 is 0. The fourth-order valence-electron chi connectivity index (χ4n) is 5.23. The normalized spacial score (nSPS) is 13.7. The van der Waals surface area contributed by atoms with Crippen molar-refractivity contribution in [2.75, 3.05) is 29.2 Å². The molecule has 1 unspecified atom stereocenters. The van der Waals surface area contributed by atoms with Gasteiger partial charge in [0.25, 0.3) is 11.8 Å². The SMILES string of the molecule is CC.Cc1ccc(F)cc1C1NC(=O)c2c1c(NC(=O)c1cc(F)cc(C(F)(F)F)c1)cc(N(C)Cc1ccn[nH]1)c2N(C)C=O. The van der Waals surface area contributed by atoms with Gasteiger partial charge in [0.15, 0.2) is 0 Å². The molecule has 14 heteroatoms. The minimum Gasteiger partial charge on any atom is -0.367 e. The zero-order valence-corrected chi connectivity index (χ0v) is 25.5. The number of hydrogen-bond acceptors (Lipinski definition) is 5. The number of amides is 3. The van der Waals surface area contributed by atoms with E-state index in [1.165, 1.54) is 42.4 Å². The number of nitrogens with zero attached hydrogens (tertiary/aromatic N) is 3. The van der Waals surface area contributed by atoms with E-state index in [2.05, 4.69) is 20.8 Å². The summed E-state index contributed by atoms with van der Waals surface area (Å²) in [6.07, 6.45) is -2.90. The molecule has 1 atom stereocenters. The summed E-state index contributed by atoms with van der Waals surface area (Å²) in [7, 11) is 3.08. The number of rotatable bonds is 8. The van der Waals surface area contributed by atoms with Gasteiger partial charge in [0.2, 0.25) is 6.41 Å². The van der Waals surface area contributed by atoms with Gasteiger partial charge in [0.05, 0.1) is 40.8 Å². The van der Waals surface area contributed by atoms with E-state index in [0.717, 1.165) is 0 Å². The number of fused-ring (bicyclic) bond motifs is 1. The molecular weight excluding hydrogens is 611 g/mol. The van der Waals surface area contributed by atoms with Crippen LogP contribution in [0.25, 0.3) is 0 Å². The highest BCUT2D eigenvalue weighted by Gasteiger charge is 2.39. The molecule has 4 aromatic rings. The molecule has 9 nitrogen and oxygen atoms in total. The van der Waals surface area contributed by atoms with Crippen LogP contribution in [0.3, 0.4) is 0 Å². The largest absolute Gasteiger partial charge is 0.416 e. The second kappa shape index (κ2) is 13.4. The average Bonchev–Trinajstić information content (AvgIpc) is 3.65. The van der Waals surface area contributed by atoms with Crippen LogP contribution in [0.2, 0.25) is 0 Å². The lowest BCUT2D eigenvalue weighted by Gasteiger charge is -2.28. The highest BCUT2D eigenvalue weighted by Crippen LogP contribution is 2.47. The molecule has 0 saturated heterocycles. The summed E-state index contributed by atoms with van der Waals surface area (Å²) in [6.45, 7) is 5.90. The van der Waals surface area contributed by atoms with Crippen molar-refractivity contribution in [1.82, 2.24) is 15.5 Å². The van der Waals surface area contributed by atoms with Gasteiger partial charge >= 0.3 is 6.18 Å². The number of carbonyl (C=O) groups excluding carboxylic acids is 3. The molecule has 5 rings (SSSR count). The van der Waals surface area contributed by atoms with E-state index in [0.29, 0.717) is 35.4 Å². The van der Waals surface area contributed by atoms with Gasteiger partial charge in [-0.05, 0) is 60.5 Å². The number of anilines is 3. The molecule has 46 heavy (non-hydrogen) atoms. The number of nitrogens with one attached hydrogen (secondary N) is 3. The molecule has 0 radical (unpaired) electrons. The van der Waals surface area contributed by atoms with E-state index < -0.39 is 46.8 Å². The molecule has 0 spiro atoms. The van der Waals surface area contributed by atoms with E-state index >= 15 is 0 Å². The summed E-state index contributed by atoms with van der Waals surface area (Å²) in [6, 6.07) is 7.52. The molecule has 0 bridgehead atoms. The Morgan fingerprint density at radius 3 is 2.39 bits per heavy atom. The van der Waals surface area contributed by atoms with Crippen LogP contribution in [0, 0.1) is 18.6 Å². The molecule has 0 aliphatic carbocycles. The zero-order chi connectivity index (χ0) is 33.9. The van der Waals surface area contributed by atoms with E-state index in [4.69, 9.17) is 0 Å². The monoisotopic (exact) mass is 642 g/mol. The van der Waals surface area contributed by atoms with Gasteiger partial charge < -0.3 is 20.4 Å². The fraction of sp³-hybridized carbons (Fsp3) is 0.250. The number of carbonyl (C=O) groups is 3. The summed E-state index contributed by atoms with van der Waals surface area (Å²) in [5.74, 6) is -3.61. The van der Waals surface area contributed by atoms with E-state index in [-0.39, 0.29) is 40.8 Å². The molecule has 3 amide bonds. The van der Waals surface area contributed by atoms with Crippen LogP contribution in [0.4, 0.5) is 39.0 Å². The predicted molar refractivity (Wildman–Crippen MR) is 163 cm³/mol. The second-order valence-corrected chi connectivity index (χ2v) is 10.3. The van der Waals surface area contributed by atoms with Crippen molar-refractivity contribution >= 4 is 35.3 Å². The number of alkyl halides is 3. The third-order valence-corrected chi connectivity index (χ3v) is 7.29. The Morgan fingerprint density at radius 1 is 1.04 bits per heavy atom. The quantitative estimate of drug-likeness (QED) is 0.153. The number of aryl methyl sites for hydroxylation is 1. The molecule has 242 valence electrons. The molecule has 0 saturated carbocycles. The lowest BCUT2D eigenvalue weighted by Crippen LogP contribution is -2.26. The van der Waals surface area contributed by atoms with Crippen LogP contribution < -0.4 is 20.4 Å². The van der Waals surface area contributed by atoms with Crippen LogP contribution in [0.5, 0.6) is 0 Å². The van der Waals surface area contributed by atoms with Crippen LogP contribution in [0.15, 0.2) is 54.7 Å². The van der Waals surface area contributed by atoms with Crippen LogP contribution in [-0.4, -0.2) is 42.5 Å². The average molecular weight is 643 g/mol. The summed E-state index contributed by atoms with van der Waals surface area (Å²) in [4.78, 5) is 41.9. The predicted octanol–water partition coefficient (Wildman–Crippen LogP) is 6.36. The Hall–Kier alpha value is -5.27. The third kappa shape index (κ3) is 6.70. The molecule has 1 aliphatic heterocycles. The first kappa shape index (κ1) is 33.6. The van der Waals surface area contributed by atoms with Crippen molar-refractivity contribution < 1.29 is 36.3 Å². The lowest BCUT2D eigenvalue weighted by atomic mass is 9.91.